The van der Waals surface area contributed by atoms with Crippen LogP contribution in [-0.2, 0) is 4.74 Å². The molecule has 1 aromatic rings. The molecule has 0 unspecified atom stereocenters. The highest BCUT2D eigenvalue weighted by Gasteiger charge is 2.44. The number of rotatable bonds is 2. The van der Waals surface area contributed by atoms with Gasteiger partial charge in [0.15, 0.2) is 0 Å². The molecule has 3 heteroatoms. The normalized spacial score (nSPS) is 28.5. The van der Waals surface area contributed by atoms with Crippen molar-refractivity contribution in [2.45, 2.75) is 25.2 Å². The van der Waals surface area contributed by atoms with E-state index in [-0.39, 0.29) is 18.0 Å². The predicted octanol–water partition coefficient (Wildman–Crippen LogP) is 1.65. The minimum absolute atomic E-state index is 0.239. The molecule has 0 radical (unpaired) electrons. The molecule has 70 valence electrons. The second-order valence-corrected chi connectivity index (χ2v) is 3.28. The Balaban J connectivity index is 2.16. The van der Waals surface area contributed by atoms with Crippen LogP contribution in [0.15, 0.2) is 24.3 Å². The van der Waals surface area contributed by atoms with Crippen LogP contribution in [0.4, 0.5) is 4.39 Å². The average molecular weight is 182 g/mol. The second-order valence-electron chi connectivity index (χ2n) is 3.28. The summed E-state index contributed by atoms with van der Waals surface area (Å²) in [4.78, 5) is 0. The van der Waals surface area contributed by atoms with Crippen molar-refractivity contribution in [3.05, 3.63) is 35.6 Å². The van der Waals surface area contributed by atoms with Gasteiger partial charge in [-0.3, -0.25) is 0 Å². The molecule has 1 aliphatic heterocycles. The van der Waals surface area contributed by atoms with E-state index in [2.05, 4.69) is 0 Å². The first-order valence-corrected chi connectivity index (χ1v) is 4.28. The van der Waals surface area contributed by atoms with Crippen molar-refractivity contribution in [2.24, 2.45) is 0 Å². The summed E-state index contributed by atoms with van der Waals surface area (Å²) in [5.74, 6) is -0.268. The number of benzene rings is 1. The quantitative estimate of drug-likeness (QED) is 0.705. The Bertz CT molecular complexity index is 312. The molecule has 0 spiro atoms. The monoisotopic (exact) mass is 182 g/mol. The van der Waals surface area contributed by atoms with Gasteiger partial charge in [-0.1, -0.05) is 18.2 Å². The van der Waals surface area contributed by atoms with Crippen LogP contribution in [-0.4, -0.2) is 17.3 Å². The van der Waals surface area contributed by atoms with Gasteiger partial charge in [0, 0.05) is 5.56 Å². The van der Waals surface area contributed by atoms with E-state index in [0.29, 0.717) is 5.56 Å². The molecule has 2 rings (SSSR count). The van der Waals surface area contributed by atoms with Crippen molar-refractivity contribution in [1.29, 1.82) is 0 Å². The fourth-order valence-electron chi connectivity index (χ4n) is 1.45. The van der Waals surface area contributed by atoms with Crippen LogP contribution in [0.1, 0.15) is 18.6 Å². The van der Waals surface area contributed by atoms with Gasteiger partial charge < -0.3 is 9.84 Å². The Labute approximate surface area is 76.0 Å². The third-order valence-electron chi connectivity index (χ3n) is 2.21. The van der Waals surface area contributed by atoms with Gasteiger partial charge >= 0.3 is 0 Å². The van der Waals surface area contributed by atoms with E-state index >= 15 is 0 Å². The van der Waals surface area contributed by atoms with Crippen LogP contribution < -0.4 is 0 Å². The first-order valence-electron chi connectivity index (χ1n) is 4.28. The summed E-state index contributed by atoms with van der Waals surface area (Å²) in [5.41, 5.74) is 0.536. The van der Waals surface area contributed by atoms with Crippen molar-refractivity contribution in [1.82, 2.24) is 0 Å². The van der Waals surface area contributed by atoms with Gasteiger partial charge in [-0.05, 0) is 13.0 Å². The highest BCUT2D eigenvalue weighted by Crippen LogP contribution is 2.41. The average Bonchev–Trinajstić information content (AvgIpc) is 2.84. The lowest BCUT2D eigenvalue weighted by atomic mass is 10.1. The molecule has 0 aliphatic carbocycles. The van der Waals surface area contributed by atoms with Crippen molar-refractivity contribution >= 4 is 0 Å². The van der Waals surface area contributed by atoms with Gasteiger partial charge in [-0.25, -0.2) is 4.39 Å². The standard InChI is InChI=1S/C10H11FO2/c1-6(12)9-10(13-9)7-4-2-3-5-8(7)11/h2-6,9-10,12H,1H3/t6-,9+,10+/m1/s1. The molecule has 1 fully saturated rings. The maximum absolute atomic E-state index is 13.2. The fourth-order valence-corrected chi connectivity index (χ4v) is 1.45. The fraction of sp³-hybridized carbons (Fsp3) is 0.400. The number of hydrogen-bond donors (Lipinski definition) is 1. The van der Waals surface area contributed by atoms with E-state index in [1.807, 2.05) is 0 Å². The van der Waals surface area contributed by atoms with Gasteiger partial charge in [0.1, 0.15) is 18.0 Å². The Morgan fingerprint density at radius 1 is 1.46 bits per heavy atom. The SMILES string of the molecule is C[C@@H](O)[C@@H]1O[C@H]1c1ccccc1F. The van der Waals surface area contributed by atoms with E-state index in [1.54, 1.807) is 25.1 Å². The highest BCUT2D eigenvalue weighted by molar-refractivity contribution is 5.24. The smallest absolute Gasteiger partial charge is 0.129 e. The first kappa shape index (κ1) is 8.66. The van der Waals surface area contributed by atoms with Crippen LogP contribution in [0, 0.1) is 5.82 Å². The number of hydrogen-bond acceptors (Lipinski definition) is 2. The zero-order valence-electron chi connectivity index (χ0n) is 7.27. The molecule has 0 amide bonds. The minimum Gasteiger partial charge on any atom is -0.391 e. The Morgan fingerprint density at radius 2 is 2.15 bits per heavy atom. The largest absolute Gasteiger partial charge is 0.391 e. The molecule has 2 nitrogen and oxygen atoms in total. The zero-order valence-corrected chi connectivity index (χ0v) is 7.27. The lowest BCUT2D eigenvalue weighted by Crippen LogP contribution is -2.09. The minimum atomic E-state index is -0.537. The Hall–Kier alpha value is -0.930. The predicted molar refractivity (Wildman–Crippen MR) is 45.7 cm³/mol. The molecule has 1 aliphatic rings. The van der Waals surface area contributed by atoms with Crippen LogP contribution in [0.5, 0.6) is 0 Å². The van der Waals surface area contributed by atoms with Crippen molar-refractivity contribution in [3.8, 4) is 0 Å². The van der Waals surface area contributed by atoms with Gasteiger partial charge in [-0.15, -0.1) is 0 Å². The van der Waals surface area contributed by atoms with Crippen LogP contribution in [0.3, 0.4) is 0 Å². The van der Waals surface area contributed by atoms with E-state index in [1.165, 1.54) is 6.07 Å². The first-order chi connectivity index (χ1) is 6.20. The molecule has 1 aromatic carbocycles. The third kappa shape index (κ3) is 1.57. The lowest BCUT2D eigenvalue weighted by molar-refractivity contribution is 0.152. The molecule has 1 heterocycles. The van der Waals surface area contributed by atoms with E-state index in [0.717, 1.165) is 0 Å². The number of ether oxygens (including phenoxy) is 1. The maximum atomic E-state index is 13.2. The molecule has 13 heavy (non-hydrogen) atoms. The lowest BCUT2D eigenvalue weighted by Gasteiger charge is -1.99. The summed E-state index contributed by atoms with van der Waals surface area (Å²) in [6.45, 7) is 1.64. The molecular weight excluding hydrogens is 171 g/mol. The molecular formula is C10H11FO2. The molecule has 1 N–H and O–H groups in total. The van der Waals surface area contributed by atoms with E-state index < -0.39 is 6.10 Å². The molecule has 3 atom stereocenters. The summed E-state index contributed by atoms with van der Waals surface area (Å²) >= 11 is 0. The van der Waals surface area contributed by atoms with Gasteiger partial charge in [0.25, 0.3) is 0 Å². The van der Waals surface area contributed by atoms with E-state index in [9.17, 15) is 4.39 Å². The third-order valence-corrected chi connectivity index (χ3v) is 2.21. The molecule has 0 aromatic heterocycles. The number of halogens is 1. The highest BCUT2D eigenvalue weighted by atomic mass is 19.1. The zero-order chi connectivity index (χ0) is 9.42. The van der Waals surface area contributed by atoms with Crippen molar-refractivity contribution in [3.63, 3.8) is 0 Å². The van der Waals surface area contributed by atoms with Crippen LogP contribution in [0.25, 0.3) is 0 Å². The summed E-state index contributed by atoms with van der Waals surface area (Å²) in [7, 11) is 0. The number of aliphatic hydroxyl groups is 1. The summed E-state index contributed by atoms with van der Waals surface area (Å²) in [6.07, 6.45) is -1.04. The maximum Gasteiger partial charge on any atom is 0.129 e. The molecule has 0 bridgehead atoms. The van der Waals surface area contributed by atoms with Gasteiger partial charge in [0.05, 0.1) is 6.10 Å². The summed E-state index contributed by atoms with van der Waals surface area (Å²) < 4.78 is 18.3. The van der Waals surface area contributed by atoms with Crippen LogP contribution in [0.2, 0.25) is 0 Å². The summed E-state index contributed by atoms with van der Waals surface area (Å²) in [6, 6.07) is 6.48. The molecule has 1 saturated heterocycles. The van der Waals surface area contributed by atoms with Gasteiger partial charge in [0.2, 0.25) is 0 Å². The summed E-state index contributed by atoms with van der Waals surface area (Å²) in [5, 5.41) is 9.17. The van der Waals surface area contributed by atoms with Crippen LogP contribution >= 0.6 is 0 Å². The Morgan fingerprint density at radius 3 is 2.69 bits per heavy atom. The van der Waals surface area contributed by atoms with Crippen molar-refractivity contribution in [2.75, 3.05) is 0 Å². The second kappa shape index (κ2) is 3.09. The van der Waals surface area contributed by atoms with Crippen molar-refractivity contribution < 1.29 is 14.2 Å². The van der Waals surface area contributed by atoms with E-state index in [4.69, 9.17) is 9.84 Å². The number of epoxide rings is 1. The topological polar surface area (TPSA) is 32.8 Å². The Kier molecular flexibility index (Phi) is 2.06. The molecule has 0 saturated carbocycles. The van der Waals surface area contributed by atoms with Gasteiger partial charge in [-0.2, -0.15) is 0 Å². The number of aliphatic hydroxyl groups excluding tert-OH is 1.